The standard InChI is InChI=1S/C34H28Cl2N4O3/c35-27-5-1-3-23(15-27)19-37-29-11-7-25(8-12-29)33-17-31(42-39-33)21-41-22-32-18-34(40-43-32)26-9-13-30(14-10-26)38-20-24-4-2-6-28(36)16-24/h1-18,37-38H,19-22H2. The quantitative estimate of drug-likeness (QED) is 0.143. The molecule has 6 aromatic rings. The number of anilines is 2. The molecule has 6 rings (SSSR count). The summed E-state index contributed by atoms with van der Waals surface area (Å²) >= 11 is 12.1. The molecule has 9 heteroatoms. The predicted molar refractivity (Wildman–Crippen MR) is 170 cm³/mol. The van der Waals surface area contributed by atoms with E-state index in [9.17, 15) is 0 Å². The molecule has 0 saturated heterocycles. The number of ether oxygens (including phenoxy) is 1. The van der Waals surface area contributed by atoms with E-state index in [1.54, 1.807) is 0 Å². The molecular formula is C34H28Cl2N4O3. The number of hydrogen-bond acceptors (Lipinski definition) is 7. The Morgan fingerprint density at radius 2 is 1.00 bits per heavy atom. The summed E-state index contributed by atoms with van der Waals surface area (Å²) in [6, 6.07) is 35.4. The van der Waals surface area contributed by atoms with Gasteiger partial charge in [0.15, 0.2) is 11.5 Å². The Morgan fingerprint density at radius 3 is 1.42 bits per heavy atom. The van der Waals surface area contributed by atoms with Crippen LogP contribution >= 0.6 is 23.2 Å². The van der Waals surface area contributed by atoms with Crippen LogP contribution in [0.1, 0.15) is 22.6 Å². The van der Waals surface area contributed by atoms with Gasteiger partial charge in [0.1, 0.15) is 24.6 Å². The van der Waals surface area contributed by atoms with Crippen molar-refractivity contribution in [3.63, 3.8) is 0 Å². The van der Waals surface area contributed by atoms with Crippen LogP contribution in [0.2, 0.25) is 10.0 Å². The maximum absolute atomic E-state index is 6.07. The van der Waals surface area contributed by atoms with Gasteiger partial charge in [-0.3, -0.25) is 0 Å². The van der Waals surface area contributed by atoms with Crippen LogP contribution in [0.5, 0.6) is 0 Å². The van der Waals surface area contributed by atoms with Crippen LogP contribution in [0.3, 0.4) is 0 Å². The summed E-state index contributed by atoms with van der Waals surface area (Å²) in [5.74, 6) is 1.25. The van der Waals surface area contributed by atoms with Crippen molar-refractivity contribution < 1.29 is 13.8 Å². The lowest BCUT2D eigenvalue weighted by Gasteiger charge is -2.07. The normalized spacial score (nSPS) is 11.0. The van der Waals surface area contributed by atoms with Gasteiger partial charge in [0.25, 0.3) is 0 Å². The molecule has 7 nitrogen and oxygen atoms in total. The fraction of sp³-hybridized carbons (Fsp3) is 0.118. The molecule has 43 heavy (non-hydrogen) atoms. The van der Waals surface area contributed by atoms with Gasteiger partial charge in [-0.05, 0) is 59.7 Å². The minimum absolute atomic E-state index is 0.259. The molecule has 2 N–H and O–H groups in total. The van der Waals surface area contributed by atoms with Crippen LogP contribution in [-0.4, -0.2) is 10.3 Å². The number of halogens is 2. The van der Waals surface area contributed by atoms with Crippen molar-refractivity contribution in [3.05, 3.63) is 142 Å². The number of nitrogens with one attached hydrogen (secondary N) is 2. The minimum atomic E-state index is 0.259. The molecule has 0 atom stereocenters. The first-order valence-electron chi connectivity index (χ1n) is 13.7. The number of benzene rings is 4. The van der Waals surface area contributed by atoms with Gasteiger partial charge in [0, 0.05) is 57.8 Å². The summed E-state index contributed by atoms with van der Waals surface area (Å²) in [5, 5.41) is 16.6. The van der Waals surface area contributed by atoms with Crippen LogP contribution in [0.25, 0.3) is 22.5 Å². The Bertz CT molecular complexity index is 1650. The topological polar surface area (TPSA) is 85.4 Å². The molecule has 216 valence electrons. The van der Waals surface area contributed by atoms with Crippen LogP contribution in [0.15, 0.2) is 118 Å². The fourth-order valence-electron chi connectivity index (χ4n) is 4.51. The van der Waals surface area contributed by atoms with E-state index in [0.29, 0.717) is 24.6 Å². The van der Waals surface area contributed by atoms with Crippen LogP contribution < -0.4 is 10.6 Å². The second-order valence-corrected chi connectivity index (χ2v) is 10.8. The van der Waals surface area contributed by atoms with Gasteiger partial charge in [0.2, 0.25) is 0 Å². The van der Waals surface area contributed by atoms with Gasteiger partial charge in [0.05, 0.1) is 0 Å². The highest BCUT2D eigenvalue weighted by atomic mass is 35.5. The number of rotatable bonds is 12. The SMILES string of the molecule is Clc1cccc(CNc2ccc(-c3cc(COCc4cc(-c5ccc(NCc6cccc(Cl)c6)cc5)no4)on3)cc2)c1. The highest BCUT2D eigenvalue weighted by Crippen LogP contribution is 2.24. The van der Waals surface area contributed by atoms with Crippen LogP contribution in [0, 0.1) is 0 Å². The van der Waals surface area contributed by atoms with Gasteiger partial charge in [-0.25, -0.2) is 0 Å². The highest BCUT2D eigenvalue weighted by Gasteiger charge is 2.10. The first-order valence-corrected chi connectivity index (χ1v) is 14.5. The number of nitrogens with zero attached hydrogens (tertiary/aromatic N) is 2. The third-order valence-electron chi connectivity index (χ3n) is 6.74. The molecule has 0 fully saturated rings. The predicted octanol–water partition coefficient (Wildman–Crippen LogP) is 9.24. The summed E-state index contributed by atoms with van der Waals surface area (Å²) in [6.07, 6.45) is 0. The van der Waals surface area contributed by atoms with Crippen LogP contribution in [0.4, 0.5) is 11.4 Å². The second kappa shape index (κ2) is 13.6. The van der Waals surface area contributed by atoms with Crippen molar-refractivity contribution in [1.29, 1.82) is 0 Å². The maximum Gasteiger partial charge on any atom is 0.163 e. The first-order chi connectivity index (χ1) is 21.1. The van der Waals surface area contributed by atoms with Crippen molar-refractivity contribution in [2.75, 3.05) is 10.6 Å². The molecular weight excluding hydrogens is 583 g/mol. The van der Waals surface area contributed by atoms with Crippen molar-refractivity contribution in [2.24, 2.45) is 0 Å². The van der Waals surface area contributed by atoms with E-state index >= 15 is 0 Å². The van der Waals surface area contributed by atoms with Gasteiger partial charge in [-0.15, -0.1) is 0 Å². The van der Waals surface area contributed by atoms with Gasteiger partial charge in [-0.1, -0.05) is 82.0 Å². The van der Waals surface area contributed by atoms with Gasteiger partial charge < -0.3 is 24.4 Å². The Labute approximate surface area is 259 Å². The maximum atomic E-state index is 6.07. The molecule has 0 aliphatic rings. The van der Waals surface area contributed by atoms with Gasteiger partial charge in [-0.2, -0.15) is 0 Å². The van der Waals surface area contributed by atoms with E-state index in [0.717, 1.165) is 55.1 Å². The van der Waals surface area contributed by atoms with Crippen molar-refractivity contribution in [2.45, 2.75) is 26.3 Å². The Hall–Kier alpha value is -4.56. The summed E-state index contributed by atoms with van der Waals surface area (Å²) < 4.78 is 16.8. The average Bonchev–Trinajstić information content (AvgIpc) is 3.70. The third kappa shape index (κ3) is 7.84. The lowest BCUT2D eigenvalue weighted by atomic mass is 10.1. The molecule has 0 spiro atoms. The monoisotopic (exact) mass is 610 g/mol. The zero-order chi connectivity index (χ0) is 29.4. The number of aromatic nitrogens is 2. The summed E-state index contributed by atoms with van der Waals surface area (Å²) in [4.78, 5) is 0. The Balaban J connectivity index is 0.963. The Kier molecular flexibility index (Phi) is 9.04. The Morgan fingerprint density at radius 1 is 0.558 bits per heavy atom. The molecule has 0 aliphatic heterocycles. The molecule has 2 aromatic heterocycles. The zero-order valence-electron chi connectivity index (χ0n) is 23.1. The van der Waals surface area contributed by atoms with E-state index in [-0.39, 0.29) is 13.2 Å². The smallest absolute Gasteiger partial charge is 0.163 e. The van der Waals surface area contributed by atoms with E-state index in [4.69, 9.17) is 37.0 Å². The molecule has 0 amide bonds. The highest BCUT2D eigenvalue weighted by molar-refractivity contribution is 6.30. The molecule has 2 heterocycles. The largest absolute Gasteiger partial charge is 0.381 e. The van der Waals surface area contributed by atoms with Crippen LogP contribution in [-0.2, 0) is 31.0 Å². The molecule has 4 aromatic carbocycles. The lowest BCUT2D eigenvalue weighted by molar-refractivity contribution is 0.0727. The third-order valence-corrected chi connectivity index (χ3v) is 7.21. The first kappa shape index (κ1) is 28.6. The molecule has 0 saturated carbocycles. The molecule has 0 unspecified atom stereocenters. The lowest BCUT2D eigenvalue weighted by Crippen LogP contribution is -1.98. The van der Waals surface area contributed by atoms with E-state index in [2.05, 4.69) is 20.9 Å². The van der Waals surface area contributed by atoms with Crippen molar-refractivity contribution >= 4 is 34.6 Å². The summed E-state index contributed by atoms with van der Waals surface area (Å²) in [6.45, 7) is 1.89. The molecule has 0 bridgehead atoms. The van der Waals surface area contributed by atoms with Crippen molar-refractivity contribution in [1.82, 2.24) is 10.3 Å². The fourth-order valence-corrected chi connectivity index (χ4v) is 4.93. The van der Waals surface area contributed by atoms with E-state index < -0.39 is 0 Å². The van der Waals surface area contributed by atoms with E-state index in [1.807, 2.05) is 109 Å². The molecule has 0 radical (unpaired) electrons. The van der Waals surface area contributed by atoms with Crippen molar-refractivity contribution in [3.8, 4) is 22.5 Å². The summed E-state index contributed by atoms with van der Waals surface area (Å²) in [7, 11) is 0. The zero-order valence-corrected chi connectivity index (χ0v) is 24.6. The second-order valence-electron chi connectivity index (χ2n) is 9.97. The average molecular weight is 612 g/mol. The summed E-state index contributed by atoms with van der Waals surface area (Å²) in [5.41, 5.74) is 7.63. The minimum Gasteiger partial charge on any atom is -0.381 e. The van der Waals surface area contributed by atoms with E-state index in [1.165, 1.54) is 0 Å². The number of hydrogen-bond donors (Lipinski definition) is 2. The molecule has 0 aliphatic carbocycles. The van der Waals surface area contributed by atoms with Gasteiger partial charge >= 0.3 is 0 Å².